The number of hydrogen-bond donors (Lipinski definition) is 0. The lowest BCUT2D eigenvalue weighted by atomic mass is 10.1. The molecule has 5 nitrogen and oxygen atoms in total. The lowest BCUT2D eigenvalue weighted by Gasteiger charge is -2.26. The van der Waals surface area contributed by atoms with Crippen LogP contribution < -0.4 is 4.90 Å². The molecule has 2 rings (SSSR count). The number of carbonyl (C=O) groups excluding carboxylic acids is 2. The summed E-state index contributed by atoms with van der Waals surface area (Å²) in [4.78, 5) is 30.2. The summed E-state index contributed by atoms with van der Waals surface area (Å²) >= 11 is 0. The molecule has 1 aliphatic rings. The van der Waals surface area contributed by atoms with Gasteiger partial charge in [-0.15, -0.1) is 0 Å². The standard InChI is InChI=1S/C19H28FN3O2/c1-4-22(5-2)18(25)14-21-10-7-11-23(13-12-21)17-9-6-8-16(20)19(17)15(3)24/h6,8-9H,4-5,7,10-14H2,1-3H3. The molecule has 1 aromatic carbocycles. The van der Waals surface area contributed by atoms with Crippen molar-refractivity contribution in [3.8, 4) is 0 Å². The van der Waals surface area contributed by atoms with Crippen LogP contribution in [0.3, 0.4) is 0 Å². The Balaban J connectivity index is 2.06. The maximum atomic E-state index is 14.1. The van der Waals surface area contributed by atoms with E-state index in [4.69, 9.17) is 0 Å². The zero-order chi connectivity index (χ0) is 18.4. The zero-order valence-corrected chi connectivity index (χ0v) is 15.4. The van der Waals surface area contributed by atoms with Gasteiger partial charge in [-0.05, 0) is 39.3 Å². The highest BCUT2D eigenvalue weighted by Crippen LogP contribution is 2.25. The first-order valence-electron chi connectivity index (χ1n) is 9.02. The summed E-state index contributed by atoms with van der Waals surface area (Å²) in [6.45, 7) is 10.2. The Bertz CT molecular complexity index is 617. The highest BCUT2D eigenvalue weighted by molar-refractivity contribution is 6.00. The van der Waals surface area contributed by atoms with Crippen molar-refractivity contribution in [1.82, 2.24) is 9.80 Å². The van der Waals surface area contributed by atoms with Crippen LogP contribution >= 0.6 is 0 Å². The predicted molar refractivity (Wildman–Crippen MR) is 97.6 cm³/mol. The Morgan fingerprint density at radius 3 is 2.48 bits per heavy atom. The normalized spacial score (nSPS) is 15.8. The minimum Gasteiger partial charge on any atom is -0.370 e. The van der Waals surface area contributed by atoms with Gasteiger partial charge in [0.1, 0.15) is 5.82 Å². The summed E-state index contributed by atoms with van der Waals surface area (Å²) < 4.78 is 14.1. The lowest BCUT2D eigenvalue weighted by molar-refractivity contribution is -0.132. The predicted octanol–water partition coefficient (Wildman–Crippen LogP) is 2.41. The van der Waals surface area contributed by atoms with E-state index in [1.807, 2.05) is 18.7 Å². The van der Waals surface area contributed by atoms with Gasteiger partial charge in [-0.2, -0.15) is 0 Å². The summed E-state index contributed by atoms with van der Waals surface area (Å²) in [6.07, 6.45) is 0.874. The Labute approximate surface area is 149 Å². The molecule has 1 aromatic rings. The first-order chi connectivity index (χ1) is 12.0. The van der Waals surface area contributed by atoms with Gasteiger partial charge in [-0.25, -0.2) is 4.39 Å². The van der Waals surface area contributed by atoms with Crippen LogP contribution in [0, 0.1) is 5.82 Å². The number of rotatable bonds is 6. The van der Waals surface area contributed by atoms with Crippen molar-refractivity contribution in [2.75, 3.05) is 50.7 Å². The van der Waals surface area contributed by atoms with Gasteiger partial charge in [0.15, 0.2) is 5.78 Å². The smallest absolute Gasteiger partial charge is 0.236 e. The van der Waals surface area contributed by atoms with Crippen molar-refractivity contribution < 1.29 is 14.0 Å². The first-order valence-corrected chi connectivity index (χ1v) is 9.02. The number of Topliss-reactive ketones (excluding diaryl/α,β-unsaturated/α-hetero) is 1. The molecule has 0 saturated carbocycles. The molecule has 0 atom stereocenters. The number of carbonyl (C=O) groups is 2. The van der Waals surface area contributed by atoms with E-state index in [9.17, 15) is 14.0 Å². The molecule has 0 unspecified atom stereocenters. The lowest BCUT2D eigenvalue weighted by Crippen LogP contribution is -2.41. The Hall–Kier alpha value is -1.95. The molecular weight excluding hydrogens is 321 g/mol. The number of hydrogen-bond acceptors (Lipinski definition) is 4. The number of likely N-dealkylation sites (N-methyl/N-ethyl adjacent to an activating group) is 1. The Kier molecular flexibility index (Phi) is 6.93. The van der Waals surface area contributed by atoms with E-state index < -0.39 is 5.82 Å². The fraction of sp³-hybridized carbons (Fsp3) is 0.579. The highest BCUT2D eigenvalue weighted by atomic mass is 19.1. The van der Waals surface area contributed by atoms with Gasteiger partial charge in [0.2, 0.25) is 5.91 Å². The van der Waals surface area contributed by atoms with Crippen LogP contribution in [0.1, 0.15) is 37.6 Å². The minimum atomic E-state index is -0.470. The van der Waals surface area contributed by atoms with E-state index in [1.54, 1.807) is 12.1 Å². The van der Waals surface area contributed by atoms with Crippen LogP contribution in [0.25, 0.3) is 0 Å². The molecule has 0 N–H and O–H groups in total. The highest BCUT2D eigenvalue weighted by Gasteiger charge is 2.22. The summed E-state index contributed by atoms with van der Waals surface area (Å²) in [5.41, 5.74) is 0.819. The molecule has 1 saturated heterocycles. The minimum absolute atomic E-state index is 0.147. The maximum absolute atomic E-state index is 14.1. The molecule has 0 aromatic heterocycles. The van der Waals surface area contributed by atoms with Crippen molar-refractivity contribution in [2.45, 2.75) is 27.2 Å². The quantitative estimate of drug-likeness (QED) is 0.740. The van der Waals surface area contributed by atoms with E-state index in [1.165, 1.54) is 13.0 Å². The number of ketones is 1. The molecule has 1 amide bonds. The number of benzene rings is 1. The molecule has 0 radical (unpaired) electrons. The van der Waals surface area contributed by atoms with E-state index in [0.29, 0.717) is 18.8 Å². The summed E-state index contributed by atoms with van der Waals surface area (Å²) in [7, 11) is 0. The van der Waals surface area contributed by atoms with Gasteiger partial charge in [0.25, 0.3) is 0 Å². The fourth-order valence-corrected chi connectivity index (χ4v) is 3.36. The third-order valence-corrected chi connectivity index (χ3v) is 4.75. The van der Waals surface area contributed by atoms with Crippen molar-refractivity contribution in [2.24, 2.45) is 0 Å². The number of amides is 1. The molecule has 1 heterocycles. The average molecular weight is 349 g/mol. The van der Waals surface area contributed by atoms with Crippen LogP contribution in [0.4, 0.5) is 10.1 Å². The van der Waals surface area contributed by atoms with Crippen LogP contribution in [0.15, 0.2) is 18.2 Å². The van der Waals surface area contributed by atoms with E-state index in [-0.39, 0.29) is 17.3 Å². The van der Waals surface area contributed by atoms with Gasteiger partial charge in [0, 0.05) is 39.3 Å². The second-order valence-electron chi connectivity index (χ2n) is 6.37. The molecule has 25 heavy (non-hydrogen) atoms. The van der Waals surface area contributed by atoms with Gasteiger partial charge in [-0.1, -0.05) is 6.07 Å². The van der Waals surface area contributed by atoms with E-state index in [2.05, 4.69) is 9.80 Å². The van der Waals surface area contributed by atoms with Crippen LogP contribution in [-0.4, -0.2) is 67.3 Å². The monoisotopic (exact) mass is 349 g/mol. The average Bonchev–Trinajstić information content (AvgIpc) is 2.81. The summed E-state index contributed by atoms with van der Waals surface area (Å²) in [5.74, 6) is -0.581. The van der Waals surface area contributed by atoms with Crippen LogP contribution in [0.5, 0.6) is 0 Å². The van der Waals surface area contributed by atoms with E-state index >= 15 is 0 Å². The molecule has 138 valence electrons. The Morgan fingerprint density at radius 2 is 1.84 bits per heavy atom. The molecule has 0 aliphatic carbocycles. The summed E-state index contributed by atoms with van der Waals surface area (Å²) in [6, 6.07) is 4.77. The summed E-state index contributed by atoms with van der Waals surface area (Å²) in [5, 5.41) is 0. The third-order valence-electron chi connectivity index (χ3n) is 4.75. The Morgan fingerprint density at radius 1 is 1.12 bits per heavy atom. The van der Waals surface area contributed by atoms with Gasteiger partial charge in [-0.3, -0.25) is 14.5 Å². The third kappa shape index (κ3) is 4.78. The topological polar surface area (TPSA) is 43.9 Å². The van der Waals surface area contributed by atoms with Crippen LogP contribution in [-0.2, 0) is 4.79 Å². The molecular formula is C19H28FN3O2. The zero-order valence-electron chi connectivity index (χ0n) is 15.4. The SMILES string of the molecule is CCN(CC)C(=O)CN1CCCN(c2cccc(F)c2C(C)=O)CC1. The molecule has 6 heteroatoms. The van der Waals surface area contributed by atoms with E-state index in [0.717, 1.165) is 39.1 Å². The second-order valence-corrected chi connectivity index (χ2v) is 6.37. The first kappa shape index (κ1) is 19.4. The molecule has 1 fully saturated rings. The van der Waals surface area contributed by atoms with Crippen molar-refractivity contribution >= 4 is 17.4 Å². The van der Waals surface area contributed by atoms with Crippen LogP contribution in [0.2, 0.25) is 0 Å². The van der Waals surface area contributed by atoms with Crippen molar-refractivity contribution in [1.29, 1.82) is 0 Å². The largest absolute Gasteiger partial charge is 0.370 e. The maximum Gasteiger partial charge on any atom is 0.236 e. The van der Waals surface area contributed by atoms with Crippen molar-refractivity contribution in [3.63, 3.8) is 0 Å². The molecule has 0 spiro atoms. The second kappa shape index (κ2) is 8.94. The molecule has 1 aliphatic heterocycles. The van der Waals surface area contributed by atoms with Gasteiger partial charge < -0.3 is 9.80 Å². The fourth-order valence-electron chi connectivity index (χ4n) is 3.36. The number of nitrogens with zero attached hydrogens (tertiary/aromatic N) is 3. The molecule has 0 bridgehead atoms. The van der Waals surface area contributed by atoms with Crippen molar-refractivity contribution in [3.05, 3.63) is 29.6 Å². The number of halogens is 1. The van der Waals surface area contributed by atoms with Gasteiger partial charge in [0.05, 0.1) is 17.8 Å². The number of anilines is 1. The van der Waals surface area contributed by atoms with Gasteiger partial charge >= 0.3 is 0 Å².